The molecule has 0 aliphatic carbocycles. The number of hydrogen-bond acceptors (Lipinski definition) is 1. The first-order chi connectivity index (χ1) is 9.45. The van der Waals surface area contributed by atoms with Crippen LogP contribution in [0.15, 0.2) is 45.3 Å². The van der Waals surface area contributed by atoms with Gasteiger partial charge in [-0.2, -0.15) is 0 Å². The average Bonchev–Trinajstić information content (AvgIpc) is 2.38. The van der Waals surface area contributed by atoms with Crippen LogP contribution in [0.25, 0.3) is 0 Å². The van der Waals surface area contributed by atoms with Gasteiger partial charge in [-0.15, -0.1) is 0 Å². The predicted octanol–water partition coefficient (Wildman–Crippen LogP) is 4.42. The monoisotopic (exact) mass is 403 g/mol. The van der Waals surface area contributed by atoms with Gasteiger partial charge < -0.3 is 5.32 Å². The molecule has 0 aromatic heterocycles. The van der Waals surface area contributed by atoms with Crippen molar-refractivity contribution in [3.8, 4) is 0 Å². The SMILES string of the molecule is O=C(NCc1cc(Br)ccc1F)c1cc(F)cc(Br)c1. The molecule has 0 atom stereocenters. The van der Waals surface area contributed by atoms with E-state index in [4.69, 9.17) is 0 Å². The lowest BCUT2D eigenvalue weighted by Crippen LogP contribution is -2.23. The molecule has 0 bridgehead atoms. The Balaban J connectivity index is 2.10. The van der Waals surface area contributed by atoms with Crippen LogP contribution in [-0.4, -0.2) is 5.91 Å². The number of halogens is 4. The van der Waals surface area contributed by atoms with Crippen molar-refractivity contribution < 1.29 is 13.6 Å². The first-order valence-corrected chi connectivity index (χ1v) is 7.22. The fourth-order valence-electron chi connectivity index (χ4n) is 1.64. The number of carbonyl (C=O) groups excluding carboxylic acids is 1. The summed E-state index contributed by atoms with van der Waals surface area (Å²) < 4.78 is 27.9. The Morgan fingerprint density at radius 1 is 1.05 bits per heavy atom. The van der Waals surface area contributed by atoms with E-state index in [1.54, 1.807) is 12.1 Å². The number of carbonyl (C=O) groups is 1. The molecule has 0 saturated carbocycles. The van der Waals surface area contributed by atoms with Crippen molar-refractivity contribution in [3.63, 3.8) is 0 Å². The molecule has 1 N–H and O–H groups in total. The van der Waals surface area contributed by atoms with Crippen LogP contribution in [0.4, 0.5) is 8.78 Å². The Morgan fingerprint density at radius 3 is 2.50 bits per heavy atom. The standard InChI is InChI=1S/C14H9Br2F2NO/c15-10-1-2-13(18)9(4-10)7-19-14(20)8-3-11(16)6-12(17)5-8/h1-6H,7H2,(H,19,20). The Hall–Kier alpha value is -1.27. The van der Waals surface area contributed by atoms with E-state index in [1.165, 1.54) is 18.2 Å². The van der Waals surface area contributed by atoms with Crippen molar-refractivity contribution in [3.05, 3.63) is 68.1 Å². The number of rotatable bonds is 3. The topological polar surface area (TPSA) is 29.1 Å². The quantitative estimate of drug-likeness (QED) is 0.805. The molecule has 0 saturated heterocycles. The van der Waals surface area contributed by atoms with Crippen LogP contribution in [0, 0.1) is 11.6 Å². The van der Waals surface area contributed by atoms with Gasteiger partial charge in [-0.1, -0.05) is 31.9 Å². The molecule has 0 fully saturated rings. The fourth-order valence-corrected chi connectivity index (χ4v) is 2.52. The normalized spacial score (nSPS) is 10.4. The third-order valence-electron chi connectivity index (χ3n) is 2.57. The Morgan fingerprint density at radius 2 is 1.80 bits per heavy atom. The molecule has 0 unspecified atom stereocenters. The largest absolute Gasteiger partial charge is 0.348 e. The minimum Gasteiger partial charge on any atom is -0.348 e. The lowest BCUT2D eigenvalue weighted by Gasteiger charge is -2.07. The van der Waals surface area contributed by atoms with E-state index in [0.717, 1.165) is 10.5 Å². The van der Waals surface area contributed by atoms with Crippen LogP contribution in [0.5, 0.6) is 0 Å². The molecule has 0 radical (unpaired) electrons. The first-order valence-electron chi connectivity index (χ1n) is 5.64. The highest BCUT2D eigenvalue weighted by molar-refractivity contribution is 9.10. The zero-order chi connectivity index (χ0) is 14.7. The fraction of sp³-hybridized carbons (Fsp3) is 0.0714. The van der Waals surface area contributed by atoms with Gasteiger partial charge >= 0.3 is 0 Å². The molecule has 1 amide bonds. The molecule has 0 spiro atoms. The zero-order valence-corrected chi connectivity index (χ0v) is 13.3. The van der Waals surface area contributed by atoms with Crippen molar-refractivity contribution in [2.75, 3.05) is 0 Å². The Bertz CT molecular complexity index is 641. The number of nitrogens with one attached hydrogen (secondary N) is 1. The predicted molar refractivity (Wildman–Crippen MR) is 79.4 cm³/mol. The number of benzene rings is 2. The zero-order valence-electron chi connectivity index (χ0n) is 10.1. The van der Waals surface area contributed by atoms with Gasteiger partial charge in [-0.3, -0.25) is 4.79 Å². The van der Waals surface area contributed by atoms with Gasteiger partial charge in [0.25, 0.3) is 5.91 Å². The van der Waals surface area contributed by atoms with E-state index < -0.39 is 17.5 Å². The molecule has 0 aliphatic heterocycles. The highest BCUT2D eigenvalue weighted by atomic mass is 79.9. The molecule has 2 aromatic carbocycles. The first kappa shape index (κ1) is 15.1. The van der Waals surface area contributed by atoms with Crippen LogP contribution in [0.2, 0.25) is 0 Å². The van der Waals surface area contributed by atoms with Gasteiger partial charge in [0.15, 0.2) is 0 Å². The second-order valence-corrected chi connectivity index (χ2v) is 5.91. The molecule has 6 heteroatoms. The number of amides is 1. The van der Waals surface area contributed by atoms with E-state index in [-0.39, 0.29) is 12.1 Å². The Kier molecular flexibility index (Phi) is 4.88. The average molecular weight is 405 g/mol. The van der Waals surface area contributed by atoms with Gasteiger partial charge in [0.05, 0.1) is 0 Å². The van der Waals surface area contributed by atoms with Crippen molar-refractivity contribution in [1.29, 1.82) is 0 Å². The maximum absolute atomic E-state index is 13.5. The summed E-state index contributed by atoms with van der Waals surface area (Å²) in [4.78, 5) is 11.9. The van der Waals surface area contributed by atoms with Gasteiger partial charge in [0.1, 0.15) is 11.6 Å². The molecule has 0 aliphatic rings. The molecule has 2 nitrogen and oxygen atoms in total. The third kappa shape index (κ3) is 3.86. The molecular formula is C14H9Br2F2NO. The van der Waals surface area contributed by atoms with Crippen LogP contribution >= 0.6 is 31.9 Å². The second kappa shape index (κ2) is 6.45. The smallest absolute Gasteiger partial charge is 0.251 e. The van der Waals surface area contributed by atoms with E-state index in [9.17, 15) is 13.6 Å². The highest BCUT2D eigenvalue weighted by Gasteiger charge is 2.10. The molecule has 0 heterocycles. The van der Waals surface area contributed by atoms with Crippen LogP contribution in [-0.2, 0) is 6.54 Å². The summed E-state index contributed by atoms with van der Waals surface area (Å²) in [6.07, 6.45) is 0. The summed E-state index contributed by atoms with van der Waals surface area (Å²) in [6.45, 7) is 0.0260. The van der Waals surface area contributed by atoms with E-state index in [1.807, 2.05) is 0 Å². The Labute approximate surface area is 131 Å². The lowest BCUT2D eigenvalue weighted by atomic mass is 10.2. The minimum absolute atomic E-state index is 0.0260. The maximum Gasteiger partial charge on any atom is 0.251 e. The van der Waals surface area contributed by atoms with E-state index in [0.29, 0.717) is 10.0 Å². The molecular weight excluding hydrogens is 396 g/mol. The van der Waals surface area contributed by atoms with Crippen LogP contribution in [0.3, 0.4) is 0 Å². The molecule has 104 valence electrons. The van der Waals surface area contributed by atoms with Gasteiger partial charge in [-0.25, -0.2) is 8.78 Å². The van der Waals surface area contributed by atoms with Crippen molar-refractivity contribution in [1.82, 2.24) is 5.32 Å². The van der Waals surface area contributed by atoms with Crippen molar-refractivity contribution in [2.24, 2.45) is 0 Å². The van der Waals surface area contributed by atoms with Crippen LogP contribution in [0.1, 0.15) is 15.9 Å². The van der Waals surface area contributed by atoms with Gasteiger partial charge in [0, 0.05) is 26.6 Å². The summed E-state index contributed by atoms with van der Waals surface area (Å²) in [5, 5.41) is 2.55. The van der Waals surface area contributed by atoms with E-state index in [2.05, 4.69) is 37.2 Å². The number of hydrogen-bond donors (Lipinski definition) is 1. The minimum atomic E-state index is -0.516. The molecule has 2 aromatic rings. The van der Waals surface area contributed by atoms with Crippen molar-refractivity contribution in [2.45, 2.75) is 6.54 Å². The third-order valence-corrected chi connectivity index (χ3v) is 3.52. The summed E-state index contributed by atoms with van der Waals surface area (Å²) in [5.41, 5.74) is 0.524. The van der Waals surface area contributed by atoms with E-state index >= 15 is 0 Å². The maximum atomic E-state index is 13.5. The molecule has 2 rings (SSSR count). The summed E-state index contributed by atoms with van der Waals surface area (Å²) >= 11 is 6.34. The highest BCUT2D eigenvalue weighted by Crippen LogP contribution is 2.17. The van der Waals surface area contributed by atoms with Gasteiger partial charge in [0.2, 0.25) is 0 Å². The summed E-state index contributed by atoms with van der Waals surface area (Å²) in [5.74, 6) is -1.39. The molecule has 20 heavy (non-hydrogen) atoms. The van der Waals surface area contributed by atoms with Crippen molar-refractivity contribution >= 4 is 37.8 Å². The lowest BCUT2D eigenvalue weighted by molar-refractivity contribution is 0.0950. The summed E-state index contributed by atoms with van der Waals surface area (Å²) in [7, 11) is 0. The summed E-state index contributed by atoms with van der Waals surface area (Å²) in [6, 6.07) is 8.34. The second-order valence-electron chi connectivity index (χ2n) is 4.08. The van der Waals surface area contributed by atoms with Crippen LogP contribution < -0.4 is 5.32 Å². The van der Waals surface area contributed by atoms with Gasteiger partial charge in [-0.05, 0) is 36.4 Å².